The van der Waals surface area contributed by atoms with Crippen molar-refractivity contribution in [3.8, 4) is 0 Å². The van der Waals surface area contributed by atoms with E-state index in [0.717, 1.165) is 0 Å². The first-order valence-corrected chi connectivity index (χ1v) is 5.19. The third kappa shape index (κ3) is 1.21. The molecular formula is C10H8F6O. The first kappa shape index (κ1) is 11.4. The lowest BCUT2D eigenvalue weighted by Gasteiger charge is -2.55. The summed E-state index contributed by atoms with van der Waals surface area (Å²) in [5.74, 6) is -11.8. The number of hydrogen-bond acceptors (Lipinski definition) is 1. The van der Waals surface area contributed by atoms with Crippen LogP contribution in [0.3, 0.4) is 0 Å². The second-order valence-electron chi connectivity index (χ2n) is 4.82. The maximum atomic E-state index is 13.9. The van der Waals surface area contributed by atoms with Crippen LogP contribution in [0.5, 0.6) is 0 Å². The van der Waals surface area contributed by atoms with Crippen LogP contribution >= 0.6 is 0 Å². The zero-order valence-electron chi connectivity index (χ0n) is 8.35. The minimum Gasteiger partial charge on any atom is -0.247 e. The molecule has 3 rings (SSSR count). The number of fused-ring (bicyclic) bond motifs is 5. The van der Waals surface area contributed by atoms with Crippen LogP contribution in [-0.2, 0) is 4.74 Å². The van der Waals surface area contributed by atoms with Gasteiger partial charge in [-0.05, 0) is 18.3 Å². The average molecular weight is 258 g/mol. The van der Waals surface area contributed by atoms with E-state index in [-0.39, 0.29) is 6.42 Å². The molecule has 2 bridgehead atoms. The standard InChI is InChI=1S/C10H8F6O/c11-8(12)6-4-1-2-5(3-4)7(6)9(8,13)17-10(14,15)16/h1-2,4-7H,3H2. The van der Waals surface area contributed by atoms with Crippen molar-refractivity contribution in [2.75, 3.05) is 0 Å². The molecule has 3 aliphatic carbocycles. The number of hydrogen-bond donors (Lipinski definition) is 0. The number of alkyl halides is 6. The van der Waals surface area contributed by atoms with Crippen molar-refractivity contribution < 1.29 is 31.1 Å². The van der Waals surface area contributed by atoms with E-state index >= 15 is 0 Å². The van der Waals surface area contributed by atoms with E-state index in [4.69, 9.17) is 0 Å². The number of ether oxygens (including phenoxy) is 1. The van der Waals surface area contributed by atoms with Crippen LogP contribution in [0.25, 0.3) is 0 Å². The lowest BCUT2D eigenvalue weighted by Crippen LogP contribution is -2.72. The maximum absolute atomic E-state index is 13.9. The highest BCUT2D eigenvalue weighted by molar-refractivity contribution is 5.27. The molecule has 5 atom stereocenters. The van der Waals surface area contributed by atoms with Gasteiger partial charge in [0.05, 0.1) is 0 Å². The second kappa shape index (κ2) is 2.81. The van der Waals surface area contributed by atoms with Gasteiger partial charge in [-0.1, -0.05) is 12.2 Å². The van der Waals surface area contributed by atoms with Gasteiger partial charge in [0.25, 0.3) is 5.85 Å². The molecule has 0 aromatic heterocycles. The number of rotatable bonds is 1. The first-order valence-electron chi connectivity index (χ1n) is 5.19. The highest BCUT2D eigenvalue weighted by atomic mass is 19.4. The normalized spacial score (nSPS) is 50.2. The van der Waals surface area contributed by atoms with Crippen LogP contribution in [0.2, 0.25) is 0 Å². The van der Waals surface area contributed by atoms with Crippen molar-refractivity contribution in [3.05, 3.63) is 12.2 Å². The lowest BCUT2D eigenvalue weighted by atomic mass is 9.60. The maximum Gasteiger partial charge on any atom is 0.525 e. The van der Waals surface area contributed by atoms with Gasteiger partial charge in [-0.15, -0.1) is 13.2 Å². The molecule has 17 heavy (non-hydrogen) atoms. The van der Waals surface area contributed by atoms with Gasteiger partial charge in [-0.2, -0.15) is 8.78 Å². The van der Waals surface area contributed by atoms with Crippen LogP contribution in [0, 0.1) is 23.7 Å². The first-order chi connectivity index (χ1) is 7.67. The molecule has 2 fully saturated rings. The molecule has 0 aromatic carbocycles. The molecule has 0 spiro atoms. The summed E-state index contributed by atoms with van der Waals surface area (Å²) in [7, 11) is 0. The van der Waals surface area contributed by atoms with Crippen LogP contribution in [0.4, 0.5) is 26.3 Å². The monoisotopic (exact) mass is 258 g/mol. The minimum absolute atomic E-state index is 0.289. The Hall–Kier alpha value is -0.720. The van der Waals surface area contributed by atoms with E-state index in [2.05, 4.69) is 4.74 Å². The van der Waals surface area contributed by atoms with Crippen molar-refractivity contribution in [1.29, 1.82) is 0 Å². The Morgan fingerprint density at radius 1 is 1.00 bits per heavy atom. The Morgan fingerprint density at radius 3 is 2.06 bits per heavy atom. The summed E-state index contributed by atoms with van der Waals surface area (Å²) in [6.45, 7) is 0. The molecule has 5 unspecified atom stereocenters. The summed E-state index contributed by atoms with van der Waals surface area (Å²) < 4.78 is 80.0. The predicted octanol–water partition coefficient (Wildman–Crippen LogP) is 3.28. The van der Waals surface area contributed by atoms with Gasteiger partial charge in [0.15, 0.2) is 0 Å². The average Bonchev–Trinajstić information content (AvgIpc) is 2.72. The summed E-state index contributed by atoms with van der Waals surface area (Å²) in [6.07, 6.45) is -2.06. The SMILES string of the molecule is FC(F)(F)OC1(F)C2C3C=CC(C3)C2C1(F)F. The molecule has 0 amide bonds. The molecule has 0 saturated heterocycles. The molecule has 96 valence electrons. The second-order valence-corrected chi connectivity index (χ2v) is 4.82. The van der Waals surface area contributed by atoms with Crippen molar-refractivity contribution >= 4 is 0 Å². The van der Waals surface area contributed by atoms with Crippen molar-refractivity contribution in [1.82, 2.24) is 0 Å². The van der Waals surface area contributed by atoms with Crippen molar-refractivity contribution in [3.63, 3.8) is 0 Å². The Kier molecular flexibility index (Phi) is 1.88. The topological polar surface area (TPSA) is 9.23 Å². The zero-order valence-corrected chi connectivity index (χ0v) is 8.35. The van der Waals surface area contributed by atoms with Gasteiger partial charge in [-0.25, -0.2) is 9.13 Å². The highest BCUT2D eigenvalue weighted by Crippen LogP contribution is 2.71. The number of halogens is 6. The van der Waals surface area contributed by atoms with Gasteiger partial charge < -0.3 is 0 Å². The molecule has 2 saturated carbocycles. The van der Waals surface area contributed by atoms with Crippen LogP contribution < -0.4 is 0 Å². The molecule has 0 N–H and O–H groups in total. The van der Waals surface area contributed by atoms with Crippen LogP contribution in [0.15, 0.2) is 12.2 Å². The van der Waals surface area contributed by atoms with Gasteiger partial charge in [0.2, 0.25) is 0 Å². The Morgan fingerprint density at radius 2 is 1.53 bits per heavy atom. The van der Waals surface area contributed by atoms with Gasteiger partial charge >= 0.3 is 12.3 Å². The molecule has 0 radical (unpaired) electrons. The summed E-state index contributed by atoms with van der Waals surface area (Å²) in [5.41, 5.74) is 0. The highest BCUT2D eigenvalue weighted by Gasteiger charge is 2.84. The zero-order chi connectivity index (χ0) is 12.6. The van der Waals surface area contributed by atoms with Crippen molar-refractivity contribution in [2.45, 2.75) is 24.6 Å². The molecular weight excluding hydrogens is 250 g/mol. The van der Waals surface area contributed by atoms with E-state index in [1.165, 1.54) is 12.2 Å². The smallest absolute Gasteiger partial charge is 0.247 e. The minimum atomic E-state index is -5.39. The molecule has 0 aromatic rings. The number of allylic oxidation sites excluding steroid dienone is 2. The van der Waals surface area contributed by atoms with Gasteiger partial charge in [-0.3, -0.25) is 0 Å². The molecule has 7 heteroatoms. The quantitative estimate of drug-likeness (QED) is 0.518. The third-order valence-corrected chi connectivity index (χ3v) is 4.03. The summed E-state index contributed by atoms with van der Waals surface area (Å²) in [6, 6.07) is 0. The molecule has 1 nitrogen and oxygen atoms in total. The summed E-state index contributed by atoms with van der Waals surface area (Å²) in [4.78, 5) is 0. The summed E-state index contributed by atoms with van der Waals surface area (Å²) in [5, 5.41) is 0. The van der Waals surface area contributed by atoms with E-state index in [0.29, 0.717) is 0 Å². The Bertz CT molecular complexity index is 389. The lowest BCUT2D eigenvalue weighted by molar-refractivity contribution is -0.489. The largest absolute Gasteiger partial charge is 0.525 e. The van der Waals surface area contributed by atoms with Gasteiger partial charge in [0.1, 0.15) is 0 Å². The fourth-order valence-electron chi connectivity index (χ4n) is 3.48. The van der Waals surface area contributed by atoms with Gasteiger partial charge in [0, 0.05) is 11.8 Å². The Labute approximate surface area is 92.4 Å². The fraction of sp³-hybridized carbons (Fsp3) is 0.800. The van der Waals surface area contributed by atoms with E-state index in [1.807, 2.05) is 0 Å². The van der Waals surface area contributed by atoms with Crippen LogP contribution in [0.1, 0.15) is 6.42 Å². The molecule has 0 aliphatic heterocycles. The Balaban J connectivity index is 1.94. The summed E-state index contributed by atoms with van der Waals surface area (Å²) >= 11 is 0. The molecule has 0 heterocycles. The fourth-order valence-corrected chi connectivity index (χ4v) is 3.48. The third-order valence-electron chi connectivity index (χ3n) is 4.03. The molecule has 3 aliphatic rings. The van der Waals surface area contributed by atoms with Crippen molar-refractivity contribution in [2.24, 2.45) is 23.7 Å². The van der Waals surface area contributed by atoms with E-state index in [9.17, 15) is 26.3 Å². The van der Waals surface area contributed by atoms with E-state index < -0.39 is 41.8 Å². The predicted molar refractivity (Wildman–Crippen MR) is 43.6 cm³/mol. The van der Waals surface area contributed by atoms with Crippen LogP contribution in [-0.4, -0.2) is 18.1 Å². The van der Waals surface area contributed by atoms with E-state index in [1.54, 1.807) is 0 Å².